The number of halogens is 1. The van der Waals surface area contributed by atoms with Crippen LogP contribution < -0.4 is 5.32 Å². The van der Waals surface area contributed by atoms with Gasteiger partial charge in [-0.15, -0.1) is 11.8 Å². The number of carbonyl (C=O) groups is 1. The first-order chi connectivity index (χ1) is 10.4. The third-order valence-corrected chi connectivity index (χ3v) is 5.01. The summed E-state index contributed by atoms with van der Waals surface area (Å²) in [6, 6.07) is 5.42. The van der Waals surface area contributed by atoms with Crippen LogP contribution in [0, 0.1) is 5.92 Å². The zero-order valence-electron chi connectivity index (χ0n) is 13.2. The van der Waals surface area contributed by atoms with Crippen LogP contribution in [0.1, 0.15) is 27.2 Å². The number of thioether (sulfide) groups is 1. The van der Waals surface area contributed by atoms with E-state index in [4.69, 9.17) is 11.6 Å². The molecule has 1 aliphatic rings. The van der Waals surface area contributed by atoms with Crippen molar-refractivity contribution in [3.8, 4) is 0 Å². The van der Waals surface area contributed by atoms with Crippen LogP contribution in [-0.2, 0) is 0 Å². The molecule has 0 aromatic heterocycles. The van der Waals surface area contributed by atoms with Gasteiger partial charge in [-0.2, -0.15) is 0 Å². The molecule has 1 aliphatic heterocycles. The molecule has 0 spiro atoms. The fraction of sp³-hybridized carbons (Fsp3) is 0.562. The molecule has 0 saturated carbocycles. The quantitative estimate of drug-likeness (QED) is 0.814. The molecule has 0 bridgehead atoms. The molecule has 0 aliphatic carbocycles. The molecular formula is C16H23ClN2O2S. The van der Waals surface area contributed by atoms with Crippen molar-refractivity contribution in [2.45, 2.75) is 43.4 Å². The molecule has 2 amide bonds. The van der Waals surface area contributed by atoms with E-state index in [9.17, 15) is 9.90 Å². The van der Waals surface area contributed by atoms with Crippen LogP contribution in [0.2, 0.25) is 5.02 Å². The molecule has 4 nitrogen and oxygen atoms in total. The number of nitrogens with zero attached hydrogens (tertiary/aromatic N) is 1. The highest BCUT2D eigenvalue weighted by Gasteiger charge is 2.27. The number of anilines is 1. The van der Waals surface area contributed by atoms with Crippen LogP contribution in [0.25, 0.3) is 0 Å². The summed E-state index contributed by atoms with van der Waals surface area (Å²) in [5.41, 5.74) is 0.745. The maximum Gasteiger partial charge on any atom is 0.321 e. The van der Waals surface area contributed by atoms with Crippen molar-refractivity contribution in [2.24, 2.45) is 5.92 Å². The minimum absolute atomic E-state index is 0.100. The van der Waals surface area contributed by atoms with Crippen LogP contribution in [-0.4, -0.2) is 40.5 Å². The van der Waals surface area contributed by atoms with Crippen LogP contribution in [0.4, 0.5) is 10.5 Å². The summed E-state index contributed by atoms with van der Waals surface area (Å²) in [5.74, 6) is 0.100. The van der Waals surface area contributed by atoms with Crippen LogP contribution in [0.5, 0.6) is 0 Å². The highest BCUT2D eigenvalue weighted by atomic mass is 35.5. The minimum Gasteiger partial charge on any atom is -0.393 e. The Morgan fingerprint density at radius 2 is 2.23 bits per heavy atom. The number of aliphatic hydroxyl groups is 1. The number of benzene rings is 1. The zero-order chi connectivity index (χ0) is 16.3. The largest absolute Gasteiger partial charge is 0.393 e. The van der Waals surface area contributed by atoms with Crippen molar-refractivity contribution in [3.05, 3.63) is 23.2 Å². The van der Waals surface area contributed by atoms with E-state index in [1.54, 1.807) is 22.7 Å². The number of rotatable bonds is 3. The van der Waals surface area contributed by atoms with Gasteiger partial charge in [0, 0.05) is 28.3 Å². The summed E-state index contributed by atoms with van der Waals surface area (Å²) in [4.78, 5) is 15.2. The van der Waals surface area contributed by atoms with Crippen LogP contribution >= 0.6 is 23.4 Å². The Balaban J connectivity index is 2.09. The third-order valence-electron chi connectivity index (χ3n) is 3.69. The smallest absolute Gasteiger partial charge is 0.321 e. The van der Waals surface area contributed by atoms with Crippen LogP contribution in [0.15, 0.2) is 23.1 Å². The highest BCUT2D eigenvalue weighted by Crippen LogP contribution is 2.33. The van der Waals surface area contributed by atoms with Crippen molar-refractivity contribution < 1.29 is 9.90 Å². The van der Waals surface area contributed by atoms with E-state index >= 15 is 0 Å². The van der Waals surface area contributed by atoms with Gasteiger partial charge in [0.05, 0.1) is 11.8 Å². The Morgan fingerprint density at radius 3 is 2.86 bits per heavy atom. The third kappa shape index (κ3) is 4.54. The first kappa shape index (κ1) is 17.4. The molecule has 2 atom stereocenters. The molecule has 22 heavy (non-hydrogen) atoms. The summed E-state index contributed by atoms with van der Waals surface area (Å²) < 4.78 is 0. The molecule has 0 radical (unpaired) electrons. The summed E-state index contributed by atoms with van der Waals surface area (Å²) in [5, 5.41) is 13.8. The van der Waals surface area contributed by atoms with Crippen molar-refractivity contribution in [3.63, 3.8) is 0 Å². The summed E-state index contributed by atoms with van der Waals surface area (Å²) in [6.45, 7) is 7.32. The number of carbonyl (C=O) groups excluding carboxylic acids is 1. The molecule has 1 heterocycles. The number of hydrogen-bond donors (Lipinski definition) is 2. The molecule has 122 valence electrons. The number of hydrogen-bond acceptors (Lipinski definition) is 3. The van der Waals surface area contributed by atoms with Gasteiger partial charge in [-0.1, -0.05) is 32.4 Å². The normalized spacial score (nSPS) is 22.0. The molecule has 2 N–H and O–H groups in total. The number of amides is 2. The maximum absolute atomic E-state index is 12.4. The predicted octanol–water partition coefficient (Wildman–Crippen LogP) is 4.08. The average molecular weight is 343 g/mol. The van der Waals surface area contributed by atoms with Gasteiger partial charge in [0.15, 0.2) is 0 Å². The maximum atomic E-state index is 12.4. The topological polar surface area (TPSA) is 52.6 Å². The molecule has 6 heteroatoms. The lowest BCUT2D eigenvalue weighted by molar-refractivity contribution is 0.0506. The minimum atomic E-state index is -0.317. The first-order valence-corrected chi connectivity index (χ1v) is 8.82. The van der Waals surface area contributed by atoms with Crippen LogP contribution in [0.3, 0.4) is 0 Å². The lowest BCUT2D eigenvalue weighted by atomic mass is 9.97. The van der Waals surface area contributed by atoms with Gasteiger partial charge in [0.1, 0.15) is 0 Å². The number of aliphatic hydroxyl groups excluding tert-OH is 1. The molecular weight excluding hydrogens is 320 g/mol. The Kier molecular flexibility index (Phi) is 6.01. The summed E-state index contributed by atoms with van der Waals surface area (Å²) >= 11 is 7.75. The van der Waals surface area contributed by atoms with Crippen molar-refractivity contribution in [2.75, 3.05) is 18.4 Å². The standard InChI is InChI=1S/C16H23ClN2O2S/c1-10(2)22-15-5-4-12(17)8-13(15)18-16(21)19-7-6-14(20)11(3)9-19/h4-5,8,10-11,14,20H,6-7,9H2,1-3H3,(H,18,21)/t11-,14-/m1/s1. The molecule has 1 saturated heterocycles. The van der Waals surface area contributed by atoms with Gasteiger partial charge in [-0.05, 0) is 30.5 Å². The predicted molar refractivity (Wildman–Crippen MR) is 92.8 cm³/mol. The van der Waals surface area contributed by atoms with E-state index in [2.05, 4.69) is 19.2 Å². The Hall–Kier alpha value is -0.910. The summed E-state index contributed by atoms with van der Waals surface area (Å²) in [6.07, 6.45) is 0.305. The van der Waals surface area contributed by atoms with E-state index in [1.807, 2.05) is 19.1 Å². The Labute approximate surface area is 141 Å². The number of piperidine rings is 1. The highest BCUT2D eigenvalue weighted by molar-refractivity contribution is 8.00. The Morgan fingerprint density at radius 1 is 1.50 bits per heavy atom. The second-order valence-electron chi connectivity index (χ2n) is 6.02. The number of urea groups is 1. The van der Waals surface area contributed by atoms with Gasteiger partial charge in [0.25, 0.3) is 0 Å². The second kappa shape index (κ2) is 7.57. The van der Waals surface area contributed by atoms with E-state index in [-0.39, 0.29) is 18.1 Å². The van der Waals surface area contributed by atoms with E-state index in [0.29, 0.717) is 29.8 Å². The van der Waals surface area contributed by atoms with Crippen molar-refractivity contribution >= 4 is 35.1 Å². The van der Waals surface area contributed by atoms with Crippen molar-refractivity contribution in [1.82, 2.24) is 4.90 Å². The monoisotopic (exact) mass is 342 g/mol. The van der Waals surface area contributed by atoms with E-state index < -0.39 is 0 Å². The van der Waals surface area contributed by atoms with Gasteiger partial charge in [-0.3, -0.25) is 0 Å². The summed E-state index contributed by atoms with van der Waals surface area (Å²) in [7, 11) is 0. The van der Waals surface area contributed by atoms with Gasteiger partial charge < -0.3 is 15.3 Å². The van der Waals surface area contributed by atoms with Gasteiger partial charge in [0.2, 0.25) is 0 Å². The lowest BCUT2D eigenvalue weighted by Crippen LogP contribution is -2.46. The lowest BCUT2D eigenvalue weighted by Gasteiger charge is -2.34. The zero-order valence-corrected chi connectivity index (χ0v) is 14.7. The van der Waals surface area contributed by atoms with Gasteiger partial charge in [-0.25, -0.2) is 4.79 Å². The molecule has 0 unspecified atom stereocenters. The van der Waals surface area contributed by atoms with Crippen molar-refractivity contribution in [1.29, 1.82) is 0 Å². The SMILES string of the molecule is CC(C)Sc1ccc(Cl)cc1NC(=O)N1CC[C@@H](O)[C@H](C)C1. The average Bonchev–Trinajstić information content (AvgIpc) is 2.44. The van der Waals surface area contributed by atoms with E-state index in [1.165, 1.54) is 0 Å². The van der Waals surface area contributed by atoms with Gasteiger partial charge >= 0.3 is 6.03 Å². The second-order valence-corrected chi connectivity index (χ2v) is 8.07. The first-order valence-electron chi connectivity index (χ1n) is 7.57. The fourth-order valence-corrected chi connectivity index (χ4v) is 3.53. The molecule has 1 aromatic carbocycles. The number of likely N-dealkylation sites (tertiary alicyclic amines) is 1. The molecule has 1 aromatic rings. The molecule has 1 fully saturated rings. The molecule has 2 rings (SSSR count). The Bertz CT molecular complexity index is 539. The van der Waals surface area contributed by atoms with E-state index in [0.717, 1.165) is 10.6 Å². The fourth-order valence-electron chi connectivity index (χ4n) is 2.47. The number of nitrogens with one attached hydrogen (secondary N) is 1.